The molecule has 2 rings (SSSR count). The molecule has 140 valence electrons. The van der Waals surface area contributed by atoms with Gasteiger partial charge >= 0.3 is 6.18 Å². The molecule has 0 radical (unpaired) electrons. The molecule has 0 aliphatic heterocycles. The molecule has 0 unspecified atom stereocenters. The van der Waals surface area contributed by atoms with E-state index in [0.29, 0.717) is 5.92 Å². The average Bonchev–Trinajstić information content (AvgIpc) is 2.58. The molecule has 1 N–H and O–H groups in total. The lowest BCUT2D eigenvalue weighted by molar-refractivity contribution is -0.137. The molecule has 0 saturated heterocycles. The fourth-order valence-electron chi connectivity index (χ4n) is 2.78. The minimum absolute atomic E-state index is 0.00396. The maximum Gasteiger partial charge on any atom is 0.416 e. The Bertz CT molecular complexity index is 749. The first-order chi connectivity index (χ1) is 12.1. The van der Waals surface area contributed by atoms with Gasteiger partial charge in [0.05, 0.1) is 11.6 Å². The van der Waals surface area contributed by atoms with Crippen LogP contribution in [0.25, 0.3) is 0 Å². The molecular weight excluding hydrogens is 339 g/mol. The summed E-state index contributed by atoms with van der Waals surface area (Å²) in [5.41, 5.74) is 1.31. The van der Waals surface area contributed by atoms with Crippen LogP contribution in [-0.2, 0) is 6.18 Å². The number of hydrogen-bond acceptors (Lipinski definition) is 1. The monoisotopic (exact) mass is 363 g/mol. The van der Waals surface area contributed by atoms with Crippen molar-refractivity contribution in [3.63, 3.8) is 0 Å². The van der Waals surface area contributed by atoms with Crippen molar-refractivity contribution in [2.75, 3.05) is 0 Å². The highest BCUT2D eigenvalue weighted by Gasteiger charge is 2.31. The minimum Gasteiger partial charge on any atom is -0.345 e. The van der Waals surface area contributed by atoms with Crippen molar-refractivity contribution in [3.05, 3.63) is 70.8 Å². The van der Waals surface area contributed by atoms with Crippen molar-refractivity contribution >= 4 is 5.91 Å². The number of hydrogen-bond donors (Lipinski definition) is 1. The fraction of sp³-hybridized carbons (Fsp3) is 0.381. The Labute approximate surface area is 152 Å². The molecule has 26 heavy (non-hydrogen) atoms. The van der Waals surface area contributed by atoms with E-state index in [2.05, 4.69) is 19.2 Å². The predicted octanol–water partition coefficient (Wildman–Crippen LogP) is 5.96. The molecule has 1 atom stereocenters. The van der Waals surface area contributed by atoms with E-state index < -0.39 is 17.6 Å². The van der Waals surface area contributed by atoms with Crippen LogP contribution < -0.4 is 5.32 Å². The molecule has 0 spiro atoms. The standard InChI is InChI=1S/C21H24F3NO/c1-13(2)15-8-10-16(11-9-15)19(14(3)4)25-20(26)17-6-5-7-18(12-17)21(22,23)24/h5-14,19H,1-4H3,(H,25,26)/t19-/m0/s1. The quantitative estimate of drug-likeness (QED) is 0.698. The minimum atomic E-state index is -4.47. The van der Waals surface area contributed by atoms with Gasteiger partial charge in [0, 0.05) is 5.56 Å². The van der Waals surface area contributed by atoms with Crippen LogP contribution in [0.4, 0.5) is 13.2 Å². The van der Waals surface area contributed by atoms with Gasteiger partial charge in [0.2, 0.25) is 0 Å². The van der Waals surface area contributed by atoms with Crippen LogP contribution >= 0.6 is 0 Å². The lowest BCUT2D eigenvalue weighted by Crippen LogP contribution is -2.32. The van der Waals surface area contributed by atoms with E-state index >= 15 is 0 Å². The van der Waals surface area contributed by atoms with Crippen LogP contribution in [0.2, 0.25) is 0 Å². The smallest absolute Gasteiger partial charge is 0.345 e. The average molecular weight is 363 g/mol. The molecule has 2 aromatic carbocycles. The van der Waals surface area contributed by atoms with Crippen molar-refractivity contribution in [3.8, 4) is 0 Å². The highest BCUT2D eigenvalue weighted by molar-refractivity contribution is 5.94. The third kappa shape index (κ3) is 4.87. The van der Waals surface area contributed by atoms with Gasteiger partial charge in [-0.15, -0.1) is 0 Å². The van der Waals surface area contributed by atoms with Gasteiger partial charge in [-0.3, -0.25) is 4.79 Å². The summed E-state index contributed by atoms with van der Waals surface area (Å²) in [6, 6.07) is 12.2. The summed E-state index contributed by atoms with van der Waals surface area (Å²) in [7, 11) is 0. The van der Waals surface area contributed by atoms with E-state index in [1.54, 1.807) is 0 Å². The molecule has 2 aromatic rings. The summed E-state index contributed by atoms with van der Waals surface area (Å²) in [5, 5.41) is 2.87. The van der Waals surface area contributed by atoms with Crippen LogP contribution in [0.1, 0.15) is 66.7 Å². The van der Waals surface area contributed by atoms with Gasteiger partial charge < -0.3 is 5.32 Å². The van der Waals surface area contributed by atoms with E-state index in [-0.39, 0.29) is 17.5 Å². The van der Waals surface area contributed by atoms with E-state index in [9.17, 15) is 18.0 Å². The van der Waals surface area contributed by atoms with Crippen molar-refractivity contribution < 1.29 is 18.0 Å². The Morgan fingerprint density at radius 1 is 0.923 bits per heavy atom. The molecule has 1 amide bonds. The summed E-state index contributed by atoms with van der Waals surface area (Å²) >= 11 is 0. The zero-order chi connectivity index (χ0) is 19.5. The molecule has 0 bridgehead atoms. The van der Waals surface area contributed by atoms with Crippen molar-refractivity contribution in [2.24, 2.45) is 5.92 Å². The Kier molecular flexibility index (Phi) is 6.11. The molecule has 0 aliphatic rings. The summed E-state index contributed by atoms with van der Waals surface area (Å²) in [6.45, 7) is 8.13. The second-order valence-corrected chi connectivity index (χ2v) is 7.10. The van der Waals surface area contributed by atoms with Crippen molar-refractivity contribution in [1.82, 2.24) is 5.32 Å². The molecule has 0 heterocycles. The zero-order valence-electron chi connectivity index (χ0n) is 15.4. The Hall–Kier alpha value is -2.30. The van der Waals surface area contributed by atoms with Gasteiger partial charge in [-0.1, -0.05) is 58.0 Å². The SMILES string of the molecule is CC(C)c1ccc([C@@H](NC(=O)c2cccc(C(F)(F)F)c2)C(C)C)cc1. The van der Waals surface area contributed by atoms with Gasteiger partial charge in [0.25, 0.3) is 5.91 Å². The maximum absolute atomic E-state index is 12.9. The highest BCUT2D eigenvalue weighted by Crippen LogP contribution is 2.30. The Balaban J connectivity index is 2.23. The molecule has 0 aliphatic carbocycles. The summed E-state index contributed by atoms with van der Waals surface area (Å²) in [6.07, 6.45) is -4.47. The number of benzene rings is 2. The van der Waals surface area contributed by atoms with Crippen molar-refractivity contribution in [1.29, 1.82) is 0 Å². The predicted molar refractivity (Wildman–Crippen MR) is 97.0 cm³/mol. The summed E-state index contributed by atoms with van der Waals surface area (Å²) in [5.74, 6) is -0.0152. The molecular formula is C21H24F3NO. The van der Waals surface area contributed by atoms with Crippen LogP contribution in [-0.4, -0.2) is 5.91 Å². The van der Waals surface area contributed by atoms with E-state index in [1.807, 2.05) is 38.1 Å². The van der Waals surface area contributed by atoms with E-state index in [0.717, 1.165) is 17.7 Å². The maximum atomic E-state index is 12.9. The third-order valence-electron chi connectivity index (χ3n) is 4.37. The second kappa shape index (κ2) is 7.94. The summed E-state index contributed by atoms with van der Waals surface area (Å²) in [4.78, 5) is 12.5. The largest absolute Gasteiger partial charge is 0.416 e. The number of carbonyl (C=O) groups excluding carboxylic acids is 1. The number of carbonyl (C=O) groups is 1. The van der Waals surface area contributed by atoms with Gasteiger partial charge in [0.1, 0.15) is 0 Å². The zero-order valence-corrected chi connectivity index (χ0v) is 15.4. The molecule has 0 aromatic heterocycles. The van der Waals surface area contributed by atoms with E-state index in [1.165, 1.54) is 17.7 Å². The second-order valence-electron chi connectivity index (χ2n) is 7.10. The van der Waals surface area contributed by atoms with Crippen molar-refractivity contribution in [2.45, 2.75) is 45.8 Å². The van der Waals surface area contributed by atoms with Gasteiger partial charge in [0.15, 0.2) is 0 Å². The lowest BCUT2D eigenvalue weighted by Gasteiger charge is -2.23. The van der Waals surface area contributed by atoms with Crippen LogP contribution in [0, 0.1) is 5.92 Å². The molecule has 2 nitrogen and oxygen atoms in total. The third-order valence-corrected chi connectivity index (χ3v) is 4.37. The van der Waals surface area contributed by atoms with Crippen LogP contribution in [0.3, 0.4) is 0 Å². The van der Waals surface area contributed by atoms with Gasteiger partial charge in [-0.2, -0.15) is 13.2 Å². The van der Waals surface area contributed by atoms with Gasteiger partial charge in [-0.05, 0) is 41.2 Å². The first-order valence-corrected chi connectivity index (χ1v) is 8.67. The first-order valence-electron chi connectivity index (χ1n) is 8.67. The normalized spacial score (nSPS) is 13.1. The number of amides is 1. The highest BCUT2D eigenvalue weighted by atomic mass is 19.4. The summed E-state index contributed by atoms with van der Waals surface area (Å²) < 4.78 is 38.6. The molecule has 5 heteroatoms. The number of rotatable bonds is 5. The number of nitrogens with one attached hydrogen (secondary N) is 1. The Morgan fingerprint density at radius 3 is 2.00 bits per heavy atom. The topological polar surface area (TPSA) is 29.1 Å². The lowest BCUT2D eigenvalue weighted by atomic mass is 9.93. The first kappa shape index (κ1) is 20.0. The molecule has 0 fully saturated rings. The van der Waals surface area contributed by atoms with E-state index in [4.69, 9.17) is 0 Å². The Morgan fingerprint density at radius 2 is 1.50 bits per heavy atom. The fourth-order valence-corrected chi connectivity index (χ4v) is 2.78. The molecule has 0 saturated carbocycles. The van der Waals surface area contributed by atoms with Crippen LogP contribution in [0.5, 0.6) is 0 Å². The van der Waals surface area contributed by atoms with Gasteiger partial charge in [-0.25, -0.2) is 0 Å². The number of alkyl halides is 3. The van der Waals surface area contributed by atoms with Crippen LogP contribution in [0.15, 0.2) is 48.5 Å². The number of halogens is 3.